The van der Waals surface area contributed by atoms with Gasteiger partial charge >= 0.3 is 0 Å². The SMILES string of the molecule is CCCCCCCCC(CCC)S([O])(=O)=O. The van der Waals surface area contributed by atoms with Crippen LogP contribution in [0.3, 0.4) is 0 Å². The van der Waals surface area contributed by atoms with E-state index < -0.39 is 15.4 Å². The van der Waals surface area contributed by atoms with Crippen molar-refractivity contribution < 1.29 is 13.0 Å². The van der Waals surface area contributed by atoms with Gasteiger partial charge in [-0.15, -0.1) is 0 Å². The Balaban J connectivity index is 3.70. The minimum absolute atomic E-state index is 0.515. The molecule has 3 nitrogen and oxygen atoms in total. The largest absolute Gasteiger partial charge is 0.297 e. The van der Waals surface area contributed by atoms with Crippen molar-refractivity contribution in [3.8, 4) is 0 Å². The van der Waals surface area contributed by atoms with E-state index in [0.29, 0.717) is 12.8 Å². The van der Waals surface area contributed by atoms with Crippen molar-refractivity contribution in [2.75, 3.05) is 0 Å². The molecule has 0 amide bonds. The third-order valence-electron chi connectivity index (χ3n) is 2.90. The van der Waals surface area contributed by atoms with E-state index in [2.05, 4.69) is 6.92 Å². The van der Waals surface area contributed by atoms with Crippen LogP contribution in [0.15, 0.2) is 0 Å². The summed E-state index contributed by atoms with van der Waals surface area (Å²) >= 11 is 0. The Bertz CT molecular complexity index is 247. The van der Waals surface area contributed by atoms with Gasteiger partial charge < -0.3 is 0 Å². The van der Waals surface area contributed by atoms with Gasteiger partial charge in [-0.3, -0.25) is 0 Å². The van der Waals surface area contributed by atoms with Crippen molar-refractivity contribution in [2.24, 2.45) is 0 Å². The van der Waals surface area contributed by atoms with E-state index in [1.807, 2.05) is 6.92 Å². The highest BCUT2D eigenvalue weighted by atomic mass is 32.2. The predicted molar refractivity (Wildman–Crippen MR) is 66.3 cm³/mol. The third-order valence-corrected chi connectivity index (χ3v) is 4.19. The summed E-state index contributed by atoms with van der Waals surface area (Å²) in [5.74, 6) is 0. The second-order valence-corrected chi connectivity index (χ2v) is 6.11. The first-order valence-electron chi connectivity index (χ1n) is 6.47. The molecule has 0 spiro atoms. The minimum Gasteiger partial charge on any atom is -0.197 e. The Morgan fingerprint density at radius 3 is 1.88 bits per heavy atom. The van der Waals surface area contributed by atoms with Crippen LogP contribution in [-0.2, 0) is 14.7 Å². The Labute approximate surface area is 100 Å². The normalized spacial score (nSPS) is 13.9. The summed E-state index contributed by atoms with van der Waals surface area (Å²) in [6.45, 7) is 4.08. The van der Waals surface area contributed by atoms with Crippen LogP contribution in [-0.4, -0.2) is 13.7 Å². The molecule has 0 aliphatic heterocycles. The van der Waals surface area contributed by atoms with Crippen LogP contribution in [0.4, 0.5) is 0 Å². The lowest BCUT2D eigenvalue weighted by Crippen LogP contribution is -2.19. The summed E-state index contributed by atoms with van der Waals surface area (Å²) in [6.07, 6.45) is 8.59. The molecule has 0 saturated heterocycles. The molecule has 0 fully saturated rings. The predicted octanol–water partition coefficient (Wildman–Crippen LogP) is 3.67. The number of hydrogen-bond donors (Lipinski definition) is 0. The van der Waals surface area contributed by atoms with Crippen LogP contribution in [0.5, 0.6) is 0 Å². The van der Waals surface area contributed by atoms with E-state index in [9.17, 15) is 13.0 Å². The van der Waals surface area contributed by atoms with E-state index in [1.165, 1.54) is 19.3 Å². The minimum atomic E-state index is -4.07. The van der Waals surface area contributed by atoms with Crippen molar-refractivity contribution in [2.45, 2.75) is 76.9 Å². The molecule has 16 heavy (non-hydrogen) atoms. The van der Waals surface area contributed by atoms with Gasteiger partial charge in [-0.25, -0.2) is 0 Å². The second-order valence-electron chi connectivity index (χ2n) is 4.46. The monoisotopic (exact) mass is 249 g/mol. The average molecular weight is 249 g/mol. The topological polar surface area (TPSA) is 54.0 Å². The van der Waals surface area contributed by atoms with Gasteiger partial charge in [0.1, 0.15) is 0 Å². The highest BCUT2D eigenvalue weighted by Gasteiger charge is 2.22. The Hall–Kier alpha value is -0.0900. The zero-order chi connectivity index (χ0) is 12.4. The molecule has 0 N–H and O–H groups in total. The molecule has 0 aliphatic carbocycles. The zero-order valence-corrected chi connectivity index (χ0v) is 11.4. The van der Waals surface area contributed by atoms with Gasteiger partial charge in [-0.05, 0) is 12.8 Å². The van der Waals surface area contributed by atoms with E-state index in [1.54, 1.807) is 0 Å². The maximum atomic E-state index is 10.9. The number of rotatable bonds is 10. The standard InChI is InChI=1S/C12H25O3S/c1-3-5-6-7-8-9-11-12(10-4-2)16(13,14)15/h12H,3-11H2,1-2H3. The van der Waals surface area contributed by atoms with Gasteiger partial charge in [0, 0.05) is 0 Å². The van der Waals surface area contributed by atoms with Crippen LogP contribution in [0.1, 0.15) is 71.6 Å². The van der Waals surface area contributed by atoms with Crippen molar-refractivity contribution in [1.82, 2.24) is 0 Å². The first kappa shape index (κ1) is 15.9. The second kappa shape index (κ2) is 8.99. The third kappa shape index (κ3) is 8.11. The zero-order valence-electron chi connectivity index (χ0n) is 10.6. The molecular weight excluding hydrogens is 224 g/mol. The molecule has 1 unspecified atom stereocenters. The molecule has 0 aromatic rings. The maximum Gasteiger partial charge on any atom is 0.297 e. The molecule has 1 radical (unpaired) electrons. The molecule has 0 saturated carbocycles. The summed E-state index contributed by atoms with van der Waals surface area (Å²) in [7, 11) is -4.07. The van der Waals surface area contributed by atoms with Crippen LogP contribution >= 0.6 is 0 Å². The summed E-state index contributed by atoms with van der Waals surface area (Å²) in [6, 6.07) is 0. The summed E-state index contributed by atoms with van der Waals surface area (Å²) < 4.78 is 32.8. The lowest BCUT2D eigenvalue weighted by atomic mass is 10.1. The highest BCUT2D eigenvalue weighted by molar-refractivity contribution is 7.86. The quantitative estimate of drug-likeness (QED) is 0.555. The Morgan fingerprint density at radius 1 is 0.812 bits per heavy atom. The van der Waals surface area contributed by atoms with E-state index >= 15 is 0 Å². The number of unbranched alkanes of at least 4 members (excludes halogenated alkanes) is 5. The van der Waals surface area contributed by atoms with Gasteiger partial charge in [0.15, 0.2) is 0 Å². The summed E-state index contributed by atoms with van der Waals surface area (Å²) in [4.78, 5) is 0. The molecule has 97 valence electrons. The molecule has 0 aromatic carbocycles. The highest BCUT2D eigenvalue weighted by Crippen LogP contribution is 2.16. The van der Waals surface area contributed by atoms with Crippen LogP contribution in [0.2, 0.25) is 0 Å². The first-order valence-corrected chi connectivity index (χ1v) is 7.94. The summed E-state index contributed by atoms with van der Waals surface area (Å²) in [5.41, 5.74) is 0. The van der Waals surface area contributed by atoms with E-state index in [-0.39, 0.29) is 0 Å². The molecular formula is C12H25O3S. The lowest BCUT2D eigenvalue weighted by molar-refractivity contribution is 0.391. The van der Waals surface area contributed by atoms with Gasteiger partial charge in [0.2, 0.25) is 0 Å². The van der Waals surface area contributed by atoms with Gasteiger partial charge in [-0.1, -0.05) is 63.3 Å². The van der Waals surface area contributed by atoms with Crippen LogP contribution in [0, 0.1) is 0 Å². The van der Waals surface area contributed by atoms with Gasteiger partial charge in [0.05, 0.1) is 5.25 Å². The molecule has 0 bridgehead atoms. The molecule has 0 rings (SSSR count). The maximum absolute atomic E-state index is 10.9. The molecule has 0 aromatic heterocycles. The van der Waals surface area contributed by atoms with Gasteiger partial charge in [-0.2, -0.15) is 8.42 Å². The van der Waals surface area contributed by atoms with Gasteiger partial charge in [0.25, 0.3) is 10.1 Å². The molecule has 4 heteroatoms. The molecule has 0 heterocycles. The summed E-state index contributed by atoms with van der Waals surface area (Å²) in [5, 5.41) is -0.649. The van der Waals surface area contributed by atoms with Crippen molar-refractivity contribution in [3.63, 3.8) is 0 Å². The van der Waals surface area contributed by atoms with Crippen LogP contribution < -0.4 is 0 Å². The van der Waals surface area contributed by atoms with Crippen molar-refractivity contribution in [3.05, 3.63) is 0 Å². The number of hydrogen-bond acceptors (Lipinski definition) is 2. The fraction of sp³-hybridized carbons (Fsp3) is 1.00. The molecule has 1 atom stereocenters. The lowest BCUT2D eigenvalue weighted by Gasteiger charge is -2.11. The fourth-order valence-electron chi connectivity index (χ4n) is 1.91. The first-order chi connectivity index (χ1) is 7.52. The average Bonchev–Trinajstić information content (AvgIpc) is 2.20. The van der Waals surface area contributed by atoms with E-state index in [4.69, 9.17) is 0 Å². The van der Waals surface area contributed by atoms with Crippen molar-refractivity contribution >= 4 is 10.1 Å². The van der Waals surface area contributed by atoms with Crippen molar-refractivity contribution in [1.29, 1.82) is 0 Å². The molecule has 0 aliphatic rings. The smallest absolute Gasteiger partial charge is 0.197 e. The Kier molecular flexibility index (Phi) is 8.94. The fourth-order valence-corrected chi connectivity index (χ4v) is 2.89. The Morgan fingerprint density at radius 2 is 1.38 bits per heavy atom. The van der Waals surface area contributed by atoms with Crippen LogP contribution in [0.25, 0.3) is 0 Å². The van der Waals surface area contributed by atoms with E-state index in [0.717, 1.165) is 25.7 Å².